The maximum absolute atomic E-state index is 13.2. The Morgan fingerprint density at radius 1 is 1.16 bits per heavy atom. The normalized spacial score (nSPS) is 11.3. The topological polar surface area (TPSA) is 117 Å². The fourth-order valence-corrected chi connectivity index (χ4v) is 3.31. The van der Waals surface area contributed by atoms with Gasteiger partial charge in [0.1, 0.15) is 12.0 Å². The van der Waals surface area contributed by atoms with Crippen LogP contribution in [0.25, 0.3) is 28.2 Å². The molecule has 1 amide bonds. The van der Waals surface area contributed by atoms with Crippen molar-refractivity contribution in [1.29, 1.82) is 0 Å². The van der Waals surface area contributed by atoms with Crippen molar-refractivity contribution in [3.63, 3.8) is 0 Å². The van der Waals surface area contributed by atoms with E-state index in [-0.39, 0.29) is 11.9 Å². The van der Waals surface area contributed by atoms with Crippen molar-refractivity contribution >= 4 is 22.6 Å². The third-order valence-corrected chi connectivity index (χ3v) is 4.81. The number of anilines is 1. The molecule has 0 bridgehead atoms. The second-order valence-electron chi connectivity index (χ2n) is 7.21. The first-order chi connectivity index (χ1) is 15.1. The molecule has 0 radical (unpaired) electrons. The van der Waals surface area contributed by atoms with Crippen LogP contribution < -0.4 is 5.32 Å². The molecule has 154 valence electrons. The van der Waals surface area contributed by atoms with Crippen LogP contribution >= 0.6 is 0 Å². The molecule has 1 aromatic carbocycles. The zero-order chi connectivity index (χ0) is 21.4. The lowest BCUT2D eigenvalue weighted by Gasteiger charge is -2.10. The number of pyridine rings is 1. The summed E-state index contributed by atoms with van der Waals surface area (Å²) in [4.78, 5) is 17.9. The molecule has 0 fully saturated rings. The molecule has 5 aromatic rings. The SMILES string of the molecule is CC(C)n1ncc2c(C(=O)Nc3ccc(-n4cnnn4)cc3)cc(-c3ccco3)nc21. The Morgan fingerprint density at radius 2 is 2.00 bits per heavy atom. The third kappa shape index (κ3) is 3.44. The first-order valence-corrected chi connectivity index (χ1v) is 9.67. The van der Waals surface area contributed by atoms with E-state index in [1.807, 2.05) is 32.0 Å². The second kappa shape index (κ2) is 7.48. The average molecular weight is 414 g/mol. The number of carbonyl (C=O) groups excluding carboxylic acids is 1. The molecule has 0 atom stereocenters. The predicted octanol–water partition coefficient (Wildman–Crippen LogP) is 3.50. The van der Waals surface area contributed by atoms with Crippen LogP contribution in [-0.4, -0.2) is 40.9 Å². The van der Waals surface area contributed by atoms with Crippen LogP contribution in [0.5, 0.6) is 0 Å². The Morgan fingerprint density at radius 3 is 2.68 bits per heavy atom. The van der Waals surface area contributed by atoms with Gasteiger partial charge in [0.2, 0.25) is 0 Å². The van der Waals surface area contributed by atoms with Gasteiger partial charge in [0.05, 0.1) is 29.1 Å². The zero-order valence-corrected chi connectivity index (χ0v) is 16.8. The second-order valence-corrected chi connectivity index (χ2v) is 7.21. The summed E-state index contributed by atoms with van der Waals surface area (Å²) in [5.41, 5.74) is 3.09. The summed E-state index contributed by atoms with van der Waals surface area (Å²) in [5.74, 6) is 0.317. The molecule has 0 unspecified atom stereocenters. The van der Waals surface area contributed by atoms with Crippen LogP contribution in [0.3, 0.4) is 0 Å². The van der Waals surface area contributed by atoms with Crippen molar-refractivity contribution in [2.45, 2.75) is 19.9 Å². The number of tetrazole rings is 1. The summed E-state index contributed by atoms with van der Waals surface area (Å²) in [5, 5.41) is 19.1. The van der Waals surface area contributed by atoms with Gasteiger partial charge in [0, 0.05) is 11.7 Å². The van der Waals surface area contributed by atoms with E-state index < -0.39 is 0 Å². The maximum Gasteiger partial charge on any atom is 0.256 e. The Balaban J connectivity index is 1.52. The monoisotopic (exact) mass is 414 g/mol. The van der Waals surface area contributed by atoms with Gasteiger partial charge in [0.15, 0.2) is 11.4 Å². The molecule has 0 aliphatic heterocycles. The van der Waals surface area contributed by atoms with Crippen molar-refractivity contribution in [2.24, 2.45) is 0 Å². The van der Waals surface area contributed by atoms with Crippen molar-refractivity contribution in [3.8, 4) is 17.1 Å². The molecule has 0 saturated heterocycles. The lowest BCUT2D eigenvalue weighted by molar-refractivity contribution is 0.102. The third-order valence-electron chi connectivity index (χ3n) is 4.81. The number of furan rings is 1. The smallest absolute Gasteiger partial charge is 0.256 e. The number of fused-ring (bicyclic) bond motifs is 1. The summed E-state index contributed by atoms with van der Waals surface area (Å²) < 4.78 is 8.83. The number of carbonyl (C=O) groups is 1. The van der Waals surface area contributed by atoms with E-state index in [0.29, 0.717) is 33.7 Å². The first kappa shape index (κ1) is 18.7. The summed E-state index contributed by atoms with van der Waals surface area (Å²) in [6.45, 7) is 4.03. The fraction of sp³-hybridized carbons (Fsp3) is 0.143. The van der Waals surface area contributed by atoms with Gasteiger partial charge < -0.3 is 9.73 Å². The number of hydrogen-bond donors (Lipinski definition) is 1. The minimum Gasteiger partial charge on any atom is -0.463 e. The van der Waals surface area contributed by atoms with Crippen LogP contribution in [0, 0.1) is 0 Å². The minimum atomic E-state index is -0.265. The van der Waals surface area contributed by atoms with Crippen molar-refractivity contribution < 1.29 is 9.21 Å². The molecule has 4 heterocycles. The van der Waals surface area contributed by atoms with Gasteiger partial charge in [-0.05, 0) is 66.7 Å². The number of hydrogen-bond acceptors (Lipinski definition) is 7. The molecular weight excluding hydrogens is 396 g/mol. The van der Waals surface area contributed by atoms with Crippen LogP contribution in [0.4, 0.5) is 5.69 Å². The van der Waals surface area contributed by atoms with E-state index in [4.69, 9.17) is 9.40 Å². The van der Waals surface area contributed by atoms with Gasteiger partial charge in [-0.15, -0.1) is 5.10 Å². The van der Waals surface area contributed by atoms with Gasteiger partial charge in [-0.3, -0.25) is 4.79 Å². The summed E-state index contributed by atoms with van der Waals surface area (Å²) in [6.07, 6.45) is 4.75. The van der Waals surface area contributed by atoms with Crippen LogP contribution in [0.1, 0.15) is 30.2 Å². The molecule has 5 rings (SSSR count). The van der Waals surface area contributed by atoms with E-state index >= 15 is 0 Å². The van der Waals surface area contributed by atoms with E-state index in [0.717, 1.165) is 5.69 Å². The van der Waals surface area contributed by atoms with E-state index in [1.54, 1.807) is 41.4 Å². The number of amides is 1. The Kier molecular flexibility index (Phi) is 4.51. The molecule has 31 heavy (non-hydrogen) atoms. The van der Waals surface area contributed by atoms with E-state index in [2.05, 4.69) is 25.9 Å². The molecule has 0 spiro atoms. The van der Waals surface area contributed by atoms with Gasteiger partial charge >= 0.3 is 0 Å². The highest BCUT2D eigenvalue weighted by atomic mass is 16.3. The van der Waals surface area contributed by atoms with Gasteiger partial charge in [0.25, 0.3) is 5.91 Å². The average Bonchev–Trinajstić information content (AvgIpc) is 3.55. The Hall–Kier alpha value is -4.34. The standard InChI is InChI=1S/C21H18N8O2/c1-13(2)29-20-17(11-23-29)16(10-18(25-20)19-4-3-9-31-19)21(30)24-14-5-7-15(8-6-14)28-12-22-26-27-28/h3-13H,1-2H3,(H,24,30). The number of benzene rings is 1. The molecule has 0 saturated carbocycles. The van der Waals surface area contributed by atoms with Gasteiger partial charge in [-0.1, -0.05) is 0 Å². The maximum atomic E-state index is 13.2. The minimum absolute atomic E-state index is 0.0894. The Labute approximate surface area is 176 Å². The summed E-state index contributed by atoms with van der Waals surface area (Å²) in [6, 6.07) is 12.6. The molecule has 10 heteroatoms. The number of nitrogens with one attached hydrogen (secondary N) is 1. The summed E-state index contributed by atoms with van der Waals surface area (Å²) >= 11 is 0. The van der Waals surface area contributed by atoms with Crippen LogP contribution in [0.15, 0.2) is 65.7 Å². The zero-order valence-electron chi connectivity index (χ0n) is 16.8. The van der Waals surface area contributed by atoms with Crippen molar-refractivity contribution in [1.82, 2.24) is 35.0 Å². The number of rotatable bonds is 5. The summed E-state index contributed by atoms with van der Waals surface area (Å²) in [7, 11) is 0. The van der Waals surface area contributed by atoms with Gasteiger partial charge in [-0.2, -0.15) is 5.10 Å². The molecule has 1 N–H and O–H groups in total. The van der Waals surface area contributed by atoms with E-state index in [9.17, 15) is 4.79 Å². The lowest BCUT2D eigenvalue weighted by atomic mass is 10.1. The highest BCUT2D eigenvalue weighted by molar-refractivity contribution is 6.12. The molecular formula is C21H18N8O2. The van der Waals surface area contributed by atoms with Crippen molar-refractivity contribution in [2.75, 3.05) is 5.32 Å². The quantitative estimate of drug-likeness (QED) is 0.468. The molecule has 0 aliphatic carbocycles. The van der Waals surface area contributed by atoms with Crippen LogP contribution in [0.2, 0.25) is 0 Å². The van der Waals surface area contributed by atoms with Crippen molar-refractivity contribution in [3.05, 3.63) is 66.8 Å². The lowest BCUT2D eigenvalue weighted by Crippen LogP contribution is -2.13. The largest absolute Gasteiger partial charge is 0.463 e. The molecule has 4 aromatic heterocycles. The first-order valence-electron chi connectivity index (χ1n) is 9.67. The van der Waals surface area contributed by atoms with E-state index in [1.165, 1.54) is 11.0 Å². The highest BCUT2D eigenvalue weighted by Crippen LogP contribution is 2.27. The fourth-order valence-electron chi connectivity index (χ4n) is 3.31. The molecule has 10 nitrogen and oxygen atoms in total. The van der Waals surface area contributed by atoms with Crippen LogP contribution in [-0.2, 0) is 0 Å². The number of aromatic nitrogens is 7. The van der Waals surface area contributed by atoms with Gasteiger partial charge in [-0.25, -0.2) is 14.3 Å². The highest BCUT2D eigenvalue weighted by Gasteiger charge is 2.19. The number of nitrogens with zero attached hydrogens (tertiary/aromatic N) is 7. The molecule has 0 aliphatic rings. The predicted molar refractivity (Wildman–Crippen MR) is 113 cm³/mol. The Bertz CT molecular complexity index is 1340.